The zero-order valence-electron chi connectivity index (χ0n) is 17.2. The zero-order chi connectivity index (χ0) is 21.0. The van der Waals surface area contributed by atoms with E-state index in [0.29, 0.717) is 12.2 Å². The van der Waals surface area contributed by atoms with Crippen LogP contribution >= 0.6 is 11.8 Å². The first-order chi connectivity index (χ1) is 15.3. The summed E-state index contributed by atoms with van der Waals surface area (Å²) in [5.41, 5.74) is 6.15. The fourth-order valence-corrected chi connectivity index (χ4v) is 4.90. The van der Waals surface area contributed by atoms with Gasteiger partial charge in [-0.2, -0.15) is 0 Å². The van der Waals surface area contributed by atoms with Crippen LogP contribution in [0.2, 0.25) is 0 Å². The number of fused-ring (bicyclic) bond motifs is 2. The minimum atomic E-state index is 0.123. The van der Waals surface area contributed by atoms with Crippen LogP contribution in [-0.4, -0.2) is 28.2 Å². The highest BCUT2D eigenvalue weighted by Gasteiger charge is 2.23. The molecule has 0 saturated carbocycles. The second-order valence-electron chi connectivity index (χ2n) is 7.69. The van der Waals surface area contributed by atoms with Crippen LogP contribution in [0.3, 0.4) is 0 Å². The van der Waals surface area contributed by atoms with Crippen LogP contribution in [0.4, 0.5) is 5.69 Å². The Hall–Kier alpha value is -3.18. The number of amides is 1. The van der Waals surface area contributed by atoms with E-state index in [2.05, 4.69) is 18.2 Å². The first-order valence-electron chi connectivity index (χ1n) is 10.6. The summed E-state index contributed by atoms with van der Waals surface area (Å²) in [4.78, 5) is 24.8. The lowest BCUT2D eigenvalue weighted by Gasteiger charge is -2.29. The van der Waals surface area contributed by atoms with Crippen LogP contribution in [0.15, 0.2) is 83.9 Å². The number of carbonyl (C=O) groups is 1. The maximum atomic E-state index is 13.1. The topological polar surface area (TPSA) is 46.1 Å². The number of carbonyl (C=O) groups excluding carboxylic acids is 1. The predicted octanol–water partition coefficient (Wildman–Crippen LogP) is 5.29. The first-order valence-corrected chi connectivity index (χ1v) is 11.6. The summed E-state index contributed by atoms with van der Waals surface area (Å²) in [6, 6.07) is 26.4. The number of hydrogen-bond donors (Lipinski definition) is 0. The quantitative estimate of drug-likeness (QED) is 0.408. The molecule has 0 spiro atoms. The van der Waals surface area contributed by atoms with Crippen LogP contribution in [0.1, 0.15) is 23.2 Å². The van der Waals surface area contributed by atoms with E-state index in [9.17, 15) is 4.79 Å². The van der Waals surface area contributed by atoms with Gasteiger partial charge in [-0.15, -0.1) is 0 Å². The third kappa shape index (κ3) is 4.32. The van der Waals surface area contributed by atoms with Crippen molar-refractivity contribution in [3.05, 3.63) is 95.7 Å². The Morgan fingerprint density at radius 2 is 1.58 bits per heavy atom. The van der Waals surface area contributed by atoms with Gasteiger partial charge in [-0.1, -0.05) is 72.4 Å². The highest BCUT2D eigenvalue weighted by molar-refractivity contribution is 8.00. The number of anilines is 1. The fraction of sp³-hybridized carbons (Fsp3) is 0.192. The second-order valence-corrected chi connectivity index (χ2v) is 8.66. The van der Waals surface area contributed by atoms with Gasteiger partial charge in [-0.05, 0) is 42.2 Å². The van der Waals surface area contributed by atoms with Gasteiger partial charge in [0.25, 0.3) is 0 Å². The molecule has 0 atom stereocenters. The monoisotopic (exact) mass is 425 g/mol. The van der Waals surface area contributed by atoms with E-state index in [1.165, 1.54) is 22.9 Å². The maximum Gasteiger partial charge on any atom is 0.237 e. The van der Waals surface area contributed by atoms with Crippen molar-refractivity contribution in [2.45, 2.75) is 24.3 Å². The molecule has 0 unspecified atom stereocenters. The molecule has 0 aliphatic carbocycles. The van der Waals surface area contributed by atoms with Gasteiger partial charge in [-0.25, -0.2) is 9.97 Å². The van der Waals surface area contributed by atoms with Crippen LogP contribution in [0.5, 0.6) is 0 Å². The van der Waals surface area contributed by atoms with Crippen molar-refractivity contribution in [3.63, 3.8) is 0 Å². The molecule has 31 heavy (non-hydrogen) atoms. The molecule has 2 heterocycles. The molecule has 1 amide bonds. The van der Waals surface area contributed by atoms with E-state index in [1.807, 2.05) is 65.6 Å². The van der Waals surface area contributed by atoms with Gasteiger partial charge in [-0.3, -0.25) is 4.79 Å². The summed E-state index contributed by atoms with van der Waals surface area (Å²) < 4.78 is 0. The smallest absolute Gasteiger partial charge is 0.237 e. The van der Waals surface area contributed by atoms with Gasteiger partial charge in [0.15, 0.2) is 0 Å². The molecule has 0 fully saturated rings. The Balaban J connectivity index is 1.41. The van der Waals surface area contributed by atoms with Crippen molar-refractivity contribution in [1.82, 2.24) is 9.97 Å². The Morgan fingerprint density at radius 1 is 0.871 bits per heavy atom. The average Bonchev–Trinajstić information content (AvgIpc) is 2.83. The largest absolute Gasteiger partial charge is 0.311 e. The van der Waals surface area contributed by atoms with E-state index < -0.39 is 0 Å². The van der Waals surface area contributed by atoms with Gasteiger partial charge in [0.05, 0.1) is 22.5 Å². The van der Waals surface area contributed by atoms with Gasteiger partial charge in [0, 0.05) is 18.7 Å². The lowest BCUT2D eigenvalue weighted by Crippen LogP contribution is -2.36. The maximum absolute atomic E-state index is 13.1. The SMILES string of the molecule is O=C(CSc1nc2ccccc2nc1Cc1ccccc1)N1CCCc2ccccc21. The third-order valence-corrected chi connectivity index (χ3v) is 6.56. The molecule has 3 aromatic carbocycles. The van der Waals surface area contributed by atoms with E-state index in [-0.39, 0.29) is 5.91 Å². The summed E-state index contributed by atoms with van der Waals surface area (Å²) in [6.07, 6.45) is 2.73. The summed E-state index contributed by atoms with van der Waals surface area (Å²) in [6.45, 7) is 0.774. The minimum Gasteiger partial charge on any atom is -0.311 e. The van der Waals surface area contributed by atoms with Crippen LogP contribution in [-0.2, 0) is 17.6 Å². The van der Waals surface area contributed by atoms with Crippen LogP contribution in [0, 0.1) is 0 Å². The van der Waals surface area contributed by atoms with E-state index in [4.69, 9.17) is 9.97 Å². The van der Waals surface area contributed by atoms with Crippen LogP contribution in [0.25, 0.3) is 11.0 Å². The summed E-state index contributed by atoms with van der Waals surface area (Å²) in [7, 11) is 0. The van der Waals surface area contributed by atoms with Crippen molar-refractivity contribution < 1.29 is 4.79 Å². The lowest BCUT2D eigenvalue weighted by atomic mass is 10.0. The summed E-state index contributed by atoms with van der Waals surface area (Å²) in [5.74, 6) is 0.473. The Bertz CT molecular complexity index is 1230. The van der Waals surface area contributed by atoms with Crippen molar-refractivity contribution in [1.29, 1.82) is 0 Å². The number of aryl methyl sites for hydroxylation is 1. The molecule has 0 radical (unpaired) electrons. The van der Waals surface area contributed by atoms with Gasteiger partial charge in [0.2, 0.25) is 5.91 Å². The first kappa shape index (κ1) is 19.8. The number of benzene rings is 3. The lowest BCUT2D eigenvalue weighted by molar-refractivity contribution is -0.116. The molecule has 154 valence electrons. The molecule has 1 aliphatic heterocycles. The number of nitrogens with zero attached hydrogens (tertiary/aromatic N) is 3. The Labute approximate surface area is 186 Å². The highest BCUT2D eigenvalue weighted by Crippen LogP contribution is 2.29. The number of para-hydroxylation sites is 3. The molecule has 0 saturated heterocycles. The van der Waals surface area contributed by atoms with Crippen molar-refractivity contribution in [2.75, 3.05) is 17.2 Å². The Kier molecular flexibility index (Phi) is 5.67. The van der Waals surface area contributed by atoms with Crippen molar-refractivity contribution in [2.24, 2.45) is 0 Å². The molecule has 5 heteroatoms. The van der Waals surface area contributed by atoms with Gasteiger partial charge >= 0.3 is 0 Å². The highest BCUT2D eigenvalue weighted by atomic mass is 32.2. The van der Waals surface area contributed by atoms with Crippen molar-refractivity contribution >= 4 is 34.4 Å². The molecular formula is C26H23N3OS. The molecule has 1 aliphatic rings. The molecule has 0 bridgehead atoms. The normalized spacial score (nSPS) is 13.2. The predicted molar refractivity (Wildman–Crippen MR) is 127 cm³/mol. The summed E-state index contributed by atoms with van der Waals surface area (Å²) >= 11 is 1.49. The third-order valence-electron chi connectivity index (χ3n) is 5.56. The van der Waals surface area contributed by atoms with Crippen LogP contribution < -0.4 is 4.90 Å². The average molecular weight is 426 g/mol. The zero-order valence-corrected chi connectivity index (χ0v) is 18.0. The standard InChI is InChI=1S/C26H23N3OS/c30-25(29-16-8-12-20-11-4-7-15-24(20)29)18-31-26-23(17-19-9-2-1-3-10-19)27-21-13-5-6-14-22(21)28-26/h1-7,9-11,13-15H,8,12,16-18H2. The molecule has 0 N–H and O–H groups in total. The van der Waals surface area contributed by atoms with E-state index in [1.54, 1.807) is 0 Å². The number of hydrogen-bond acceptors (Lipinski definition) is 4. The van der Waals surface area contributed by atoms with E-state index >= 15 is 0 Å². The molecule has 4 aromatic rings. The number of aromatic nitrogens is 2. The second kappa shape index (κ2) is 8.90. The minimum absolute atomic E-state index is 0.123. The van der Waals surface area contributed by atoms with Gasteiger partial charge < -0.3 is 4.90 Å². The molecular weight excluding hydrogens is 402 g/mol. The van der Waals surface area contributed by atoms with E-state index in [0.717, 1.165) is 46.8 Å². The molecule has 4 nitrogen and oxygen atoms in total. The summed E-state index contributed by atoms with van der Waals surface area (Å²) in [5, 5.41) is 0.834. The Morgan fingerprint density at radius 3 is 2.42 bits per heavy atom. The molecule has 5 rings (SSSR count). The number of rotatable bonds is 5. The number of thioether (sulfide) groups is 1. The van der Waals surface area contributed by atoms with Crippen molar-refractivity contribution in [3.8, 4) is 0 Å². The fourth-order valence-electron chi connectivity index (χ4n) is 4.04. The molecule has 1 aromatic heterocycles. The van der Waals surface area contributed by atoms with Gasteiger partial charge in [0.1, 0.15) is 5.03 Å².